The summed E-state index contributed by atoms with van der Waals surface area (Å²) in [7, 11) is 0. The smallest absolute Gasteiger partial charge is 0.319 e. The van der Waals surface area contributed by atoms with E-state index in [9.17, 15) is 4.79 Å². The van der Waals surface area contributed by atoms with E-state index < -0.39 is 0 Å². The number of urea groups is 1. The number of carbonyl (C=O) groups is 1. The monoisotopic (exact) mass is 364 g/mol. The second-order valence-corrected chi connectivity index (χ2v) is 6.36. The number of rotatable bonds is 4. The van der Waals surface area contributed by atoms with Gasteiger partial charge in [-0.15, -0.1) is 5.10 Å². The van der Waals surface area contributed by atoms with Crippen molar-refractivity contribution in [3.8, 4) is 5.69 Å². The van der Waals surface area contributed by atoms with Crippen LogP contribution in [-0.4, -0.2) is 38.7 Å². The molecule has 27 heavy (non-hydrogen) atoms. The summed E-state index contributed by atoms with van der Waals surface area (Å²) in [6.07, 6.45) is 8.40. The molecule has 3 aromatic rings. The third kappa shape index (κ3) is 4.29. The summed E-state index contributed by atoms with van der Waals surface area (Å²) in [4.78, 5) is 16.5. The Bertz CT molecular complexity index is 867. The van der Waals surface area contributed by atoms with Gasteiger partial charge in [0.1, 0.15) is 0 Å². The first-order chi connectivity index (χ1) is 13.3. The van der Waals surface area contributed by atoms with Crippen LogP contribution in [0.15, 0.2) is 61.2 Å². The predicted molar refractivity (Wildman–Crippen MR) is 99.5 cm³/mol. The summed E-state index contributed by atoms with van der Waals surface area (Å²) in [5, 5.41) is 13.6. The first-order valence-electron chi connectivity index (χ1n) is 8.84. The lowest BCUT2D eigenvalue weighted by atomic mass is 9.99. The molecule has 2 N–H and O–H groups in total. The van der Waals surface area contributed by atoms with Gasteiger partial charge in [-0.05, 0) is 48.7 Å². The summed E-state index contributed by atoms with van der Waals surface area (Å²) >= 11 is 0. The number of pyridine rings is 1. The second-order valence-electron chi connectivity index (χ2n) is 6.36. The minimum atomic E-state index is -0.222. The first-order valence-corrected chi connectivity index (χ1v) is 8.84. The molecule has 0 radical (unpaired) electrons. The molecule has 2 atom stereocenters. The third-order valence-electron chi connectivity index (χ3n) is 4.49. The van der Waals surface area contributed by atoms with Crippen molar-refractivity contribution in [1.82, 2.24) is 25.3 Å². The number of hydrogen-bond acceptors (Lipinski definition) is 5. The zero-order valence-electron chi connectivity index (χ0n) is 14.7. The number of benzene rings is 1. The quantitative estimate of drug-likeness (QED) is 0.742. The van der Waals surface area contributed by atoms with Crippen molar-refractivity contribution in [1.29, 1.82) is 0 Å². The van der Waals surface area contributed by atoms with Gasteiger partial charge in [0.15, 0.2) is 0 Å². The van der Waals surface area contributed by atoms with Gasteiger partial charge in [-0.1, -0.05) is 11.3 Å². The Hall–Kier alpha value is -3.26. The highest BCUT2D eigenvalue weighted by Gasteiger charge is 2.25. The number of amides is 2. The van der Waals surface area contributed by atoms with Crippen LogP contribution in [0.3, 0.4) is 0 Å². The largest absolute Gasteiger partial charge is 0.373 e. The number of ether oxygens (including phenoxy) is 1. The lowest BCUT2D eigenvalue weighted by Gasteiger charge is -2.30. The van der Waals surface area contributed by atoms with Gasteiger partial charge in [0.05, 0.1) is 24.2 Å². The Morgan fingerprint density at radius 3 is 2.81 bits per heavy atom. The Morgan fingerprint density at radius 2 is 2.07 bits per heavy atom. The van der Waals surface area contributed by atoms with Crippen molar-refractivity contribution in [2.24, 2.45) is 0 Å². The summed E-state index contributed by atoms with van der Waals surface area (Å²) in [5.41, 5.74) is 2.63. The fourth-order valence-electron chi connectivity index (χ4n) is 3.12. The topological polar surface area (TPSA) is 94.0 Å². The number of carbonyl (C=O) groups excluding carboxylic acids is 1. The molecule has 0 spiro atoms. The summed E-state index contributed by atoms with van der Waals surface area (Å²) in [6, 6.07) is 11.1. The summed E-state index contributed by atoms with van der Waals surface area (Å²) in [6.45, 7) is 0.608. The van der Waals surface area contributed by atoms with Crippen LogP contribution in [0.2, 0.25) is 0 Å². The van der Waals surface area contributed by atoms with Crippen LogP contribution in [-0.2, 0) is 4.74 Å². The van der Waals surface area contributed by atoms with E-state index in [0.717, 1.165) is 24.1 Å². The number of nitrogens with one attached hydrogen (secondary N) is 2. The highest BCUT2D eigenvalue weighted by molar-refractivity contribution is 5.89. The molecule has 1 fully saturated rings. The fourth-order valence-corrected chi connectivity index (χ4v) is 3.12. The molecular formula is C19H20N6O2. The van der Waals surface area contributed by atoms with Crippen LogP contribution in [0.4, 0.5) is 10.5 Å². The van der Waals surface area contributed by atoms with Gasteiger partial charge in [0.25, 0.3) is 0 Å². The van der Waals surface area contributed by atoms with Gasteiger partial charge >= 0.3 is 6.03 Å². The minimum Gasteiger partial charge on any atom is -0.373 e. The first kappa shape index (κ1) is 17.2. The van der Waals surface area contributed by atoms with Crippen molar-refractivity contribution in [3.05, 3.63) is 66.7 Å². The molecule has 1 saturated heterocycles. The Labute approximate surface area is 156 Å². The summed E-state index contributed by atoms with van der Waals surface area (Å²) < 4.78 is 7.47. The highest BCUT2D eigenvalue weighted by atomic mass is 16.5. The molecule has 3 heterocycles. The number of nitrogens with zero attached hydrogens (tertiary/aromatic N) is 4. The van der Waals surface area contributed by atoms with Gasteiger partial charge in [0.2, 0.25) is 0 Å². The maximum Gasteiger partial charge on any atom is 0.319 e. The molecule has 1 aliphatic heterocycles. The standard InChI is InChI=1S/C19H20N6O2/c26-19(22-15-3-5-17(6-4-15)25-10-9-21-24-25)23-16-7-11-27-18(12-16)14-2-1-8-20-13-14/h1-6,8-10,13,16,18H,7,11-12H2,(H2,22,23,26). The Balaban J connectivity index is 1.32. The van der Waals surface area contributed by atoms with Gasteiger partial charge in [-0.25, -0.2) is 9.48 Å². The second kappa shape index (κ2) is 7.96. The van der Waals surface area contributed by atoms with Crippen LogP contribution in [0.1, 0.15) is 24.5 Å². The molecule has 8 nitrogen and oxygen atoms in total. The van der Waals surface area contributed by atoms with E-state index in [-0.39, 0.29) is 18.2 Å². The third-order valence-corrected chi connectivity index (χ3v) is 4.49. The van der Waals surface area contributed by atoms with Crippen LogP contribution < -0.4 is 10.6 Å². The molecule has 138 valence electrons. The highest BCUT2D eigenvalue weighted by Crippen LogP contribution is 2.27. The molecule has 2 unspecified atom stereocenters. The lowest BCUT2D eigenvalue weighted by molar-refractivity contribution is 0.00235. The molecule has 8 heteroatoms. The minimum absolute atomic E-state index is 0.0419. The van der Waals surface area contributed by atoms with Gasteiger partial charge in [-0.3, -0.25) is 4.98 Å². The normalized spacial score (nSPS) is 19.4. The van der Waals surface area contributed by atoms with Crippen LogP contribution in [0, 0.1) is 0 Å². The van der Waals surface area contributed by atoms with Crippen molar-refractivity contribution in [2.45, 2.75) is 25.0 Å². The molecule has 0 bridgehead atoms. The molecule has 1 aliphatic rings. The van der Waals surface area contributed by atoms with E-state index in [0.29, 0.717) is 12.3 Å². The molecule has 0 aliphatic carbocycles. The van der Waals surface area contributed by atoms with Gasteiger partial charge in [-0.2, -0.15) is 0 Å². The zero-order valence-corrected chi connectivity index (χ0v) is 14.7. The number of hydrogen-bond donors (Lipinski definition) is 2. The van der Waals surface area contributed by atoms with Crippen molar-refractivity contribution >= 4 is 11.7 Å². The predicted octanol–water partition coefficient (Wildman–Crippen LogP) is 2.70. The van der Waals surface area contributed by atoms with Crippen LogP contribution in [0.5, 0.6) is 0 Å². The van der Waals surface area contributed by atoms with Crippen molar-refractivity contribution < 1.29 is 9.53 Å². The van der Waals surface area contributed by atoms with Crippen molar-refractivity contribution in [3.63, 3.8) is 0 Å². The van der Waals surface area contributed by atoms with Crippen LogP contribution in [0.25, 0.3) is 5.69 Å². The number of anilines is 1. The van der Waals surface area contributed by atoms with Gasteiger partial charge < -0.3 is 15.4 Å². The molecule has 2 aromatic heterocycles. The lowest BCUT2D eigenvalue weighted by Crippen LogP contribution is -2.42. The van der Waals surface area contributed by atoms with Gasteiger partial charge in [0, 0.05) is 30.7 Å². The van der Waals surface area contributed by atoms with E-state index in [1.807, 2.05) is 42.6 Å². The SMILES string of the molecule is O=C(Nc1ccc(-n2ccnn2)cc1)NC1CCOC(c2cccnc2)C1. The van der Waals surface area contributed by atoms with E-state index in [4.69, 9.17) is 4.74 Å². The summed E-state index contributed by atoms with van der Waals surface area (Å²) in [5.74, 6) is 0. The van der Waals surface area contributed by atoms with E-state index >= 15 is 0 Å². The maximum atomic E-state index is 12.3. The Morgan fingerprint density at radius 1 is 1.19 bits per heavy atom. The van der Waals surface area contributed by atoms with E-state index in [1.54, 1.807) is 23.3 Å². The average Bonchev–Trinajstić information content (AvgIpc) is 3.24. The Kier molecular flexibility index (Phi) is 5.06. The molecular weight excluding hydrogens is 344 g/mol. The molecule has 0 saturated carbocycles. The van der Waals surface area contributed by atoms with E-state index in [1.165, 1.54) is 0 Å². The molecule has 4 rings (SSSR count). The van der Waals surface area contributed by atoms with Crippen LogP contribution >= 0.6 is 0 Å². The maximum absolute atomic E-state index is 12.3. The molecule has 2 amide bonds. The van der Waals surface area contributed by atoms with Crippen molar-refractivity contribution in [2.75, 3.05) is 11.9 Å². The fraction of sp³-hybridized carbons (Fsp3) is 0.263. The van der Waals surface area contributed by atoms with E-state index in [2.05, 4.69) is 25.9 Å². The number of aromatic nitrogens is 4. The average molecular weight is 364 g/mol. The zero-order chi connectivity index (χ0) is 18.5. The molecule has 1 aromatic carbocycles.